The Morgan fingerprint density at radius 2 is 2.25 bits per heavy atom. The van der Waals surface area contributed by atoms with Crippen molar-refractivity contribution >= 4 is 0 Å². The third kappa shape index (κ3) is 1.30. The van der Waals surface area contributed by atoms with Crippen molar-refractivity contribution in [3.63, 3.8) is 0 Å². The average Bonchev–Trinajstić information content (AvgIpc) is 1.37. The maximum Gasteiger partial charge on any atom is -0.210 e. The minimum absolute atomic E-state index is 1.15. The van der Waals surface area contributed by atoms with Crippen LogP contribution in [0.3, 0.4) is 0 Å². The van der Waals surface area contributed by atoms with Gasteiger partial charge in [-0.3, -0.25) is 6.58 Å². The van der Waals surface area contributed by atoms with E-state index in [1.807, 2.05) is 0 Å². The van der Waals surface area contributed by atoms with Crippen LogP contribution >= 0.6 is 0 Å². The van der Waals surface area contributed by atoms with Gasteiger partial charge in [-0.25, -0.2) is 12.5 Å². The van der Waals surface area contributed by atoms with Gasteiger partial charge in [-0.15, -0.1) is 0 Å². The van der Waals surface area contributed by atoms with Crippen molar-refractivity contribution in [1.29, 1.82) is 0 Å². The molecule has 0 nitrogen and oxygen atoms in total. The Kier molecular flexibility index (Phi) is 1.90. The van der Waals surface area contributed by atoms with Gasteiger partial charge < -0.3 is 5.92 Å². The van der Waals surface area contributed by atoms with Crippen molar-refractivity contribution in [2.24, 2.45) is 0 Å². The van der Waals surface area contributed by atoms with Crippen molar-refractivity contribution in [2.45, 2.75) is 0 Å². The molecule has 0 saturated heterocycles. The molecule has 0 atom stereocenters. The minimum Gasteiger partial charge on any atom is -0.311 e. The maximum absolute atomic E-state index is 4.67. The lowest BCUT2D eigenvalue weighted by atomic mass is 10.7. The fourth-order valence-electron chi connectivity index (χ4n) is 0. The van der Waals surface area contributed by atoms with E-state index in [2.05, 4.69) is 18.9 Å². The van der Waals surface area contributed by atoms with E-state index in [9.17, 15) is 0 Å². The fourth-order valence-corrected chi connectivity index (χ4v) is 0. The molecule has 0 aliphatic carbocycles. The first-order valence-electron chi connectivity index (χ1n) is 0.911. The third-order valence-electron chi connectivity index (χ3n) is 0.0962. The van der Waals surface area contributed by atoms with Crippen LogP contribution in [0, 0.1) is 18.9 Å². The maximum atomic E-state index is 4.67. The molecule has 4 heavy (non-hydrogen) atoms. The molecule has 0 radical (unpaired) electrons. The standard InChI is InChI=1S/C4H3/c1-3-4-2/h1-3H/q-1. The Labute approximate surface area is 26.1 Å². The summed E-state index contributed by atoms with van der Waals surface area (Å²) in [5, 5.41) is 0. The van der Waals surface area contributed by atoms with Crippen molar-refractivity contribution in [2.75, 3.05) is 0 Å². The van der Waals surface area contributed by atoms with Gasteiger partial charge in [-0.2, -0.15) is 0 Å². The van der Waals surface area contributed by atoms with E-state index in [4.69, 9.17) is 0 Å². The highest BCUT2D eigenvalue weighted by Crippen LogP contribution is 1.40. The molecule has 0 spiro atoms. The quantitative estimate of drug-likeness (QED) is 0.279. The highest BCUT2D eigenvalue weighted by Gasteiger charge is 1.06. The molecule has 0 N–H and O–H groups in total. The number of terminal acetylenes is 1. The molecule has 0 aliphatic rings. The molecule has 0 aromatic heterocycles. The summed E-state index contributed by atoms with van der Waals surface area (Å²) < 4.78 is 0. The van der Waals surface area contributed by atoms with Crippen LogP contribution in [0.25, 0.3) is 0 Å². The Morgan fingerprint density at radius 1 is 2.00 bits per heavy atom. The van der Waals surface area contributed by atoms with Crippen LogP contribution in [-0.4, -0.2) is 0 Å². The second kappa shape index (κ2) is 2.30. The molecule has 0 saturated carbocycles. The molecule has 0 rings (SSSR count). The number of hydrogen-bond acceptors (Lipinski definition) is 0. The second-order valence-electron chi connectivity index (χ2n) is 0.333. The zero-order valence-electron chi connectivity index (χ0n) is 2.23. The molecule has 0 bridgehead atoms. The van der Waals surface area contributed by atoms with E-state index in [0.717, 1.165) is 6.08 Å². The molecule has 0 aromatic rings. The van der Waals surface area contributed by atoms with Crippen molar-refractivity contribution in [1.82, 2.24) is 0 Å². The molecule has 0 aromatic carbocycles. The SMILES string of the molecule is C#CC=[CH-]. The predicted octanol–water partition coefficient (Wildman–Crippen LogP) is 0.609. The molecule has 0 aliphatic heterocycles. The van der Waals surface area contributed by atoms with Gasteiger partial charge >= 0.3 is 0 Å². The van der Waals surface area contributed by atoms with Crippen LogP contribution in [0.5, 0.6) is 0 Å². The summed E-state index contributed by atoms with van der Waals surface area (Å²) in [5.74, 6) is 2.08. The van der Waals surface area contributed by atoms with Crippen LogP contribution in [-0.2, 0) is 0 Å². The summed E-state index contributed by atoms with van der Waals surface area (Å²) in [7, 11) is 0. The minimum atomic E-state index is 1.15. The smallest absolute Gasteiger partial charge is 0.210 e. The van der Waals surface area contributed by atoms with Gasteiger partial charge in [-0.05, 0) is 0 Å². The van der Waals surface area contributed by atoms with Crippen LogP contribution in [0.4, 0.5) is 0 Å². The van der Waals surface area contributed by atoms with Gasteiger partial charge in [0, 0.05) is 0 Å². The molecule has 0 unspecified atom stereocenters. The monoisotopic (exact) mass is 51.0 g/mol. The molecule has 0 fully saturated rings. The first-order valence-corrected chi connectivity index (χ1v) is 0.911. The highest BCUT2D eigenvalue weighted by molar-refractivity contribution is 5.01. The van der Waals surface area contributed by atoms with E-state index in [1.54, 1.807) is 0 Å². The van der Waals surface area contributed by atoms with Crippen molar-refractivity contribution < 1.29 is 0 Å². The zero-order chi connectivity index (χ0) is 3.41. The number of rotatable bonds is 0. The van der Waals surface area contributed by atoms with Gasteiger partial charge in [0.1, 0.15) is 0 Å². The van der Waals surface area contributed by atoms with Crippen LogP contribution in [0.1, 0.15) is 0 Å². The van der Waals surface area contributed by atoms with E-state index in [-0.39, 0.29) is 0 Å². The third-order valence-corrected chi connectivity index (χ3v) is 0.0962. The molecule has 0 heteroatoms. The lowest BCUT2D eigenvalue weighted by molar-refractivity contribution is 2.28. The fraction of sp³-hybridized carbons (Fsp3) is 0. The average molecular weight is 51.1 g/mol. The summed E-state index contributed by atoms with van der Waals surface area (Å²) in [6, 6.07) is 0. The zero-order valence-corrected chi connectivity index (χ0v) is 2.23. The Morgan fingerprint density at radius 3 is 2.25 bits per heavy atom. The predicted molar refractivity (Wildman–Crippen MR) is 17.7 cm³/mol. The largest absolute Gasteiger partial charge is 0.311 e. The van der Waals surface area contributed by atoms with Gasteiger partial charge in [0.25, 0.3) is 0 Å². The first-order chi connectivity index (χ1) is 1.91. The molecule has 20 valence electrons. The van der Waals surface area contributed by atoms with Gasteiger partial charge in [-0.1, -0.05) is 0 Å². The highest BCUT2D eigenvalue weighted by atomic mass is 13.3. The first kappa shape index (κ1) is 3.30. The number of hydrogen-bond donors (Lipinski definition) is 0. The van der Waals surface area contributed by atoms with E-state index < -0.39 is 0 Å². The second-order valence-corrected chi connectivity index (χ2v) is 0.333. The Hall–Kier alpha value is -0.700. The van der Waals surface area contributed by atoms with Gasteiger partial charge in [0.2, 0.25) is 0 Å². The van der Waals surface area contributed by atoms with Crippen LogP contribution in [0.15, 0.2) is 6.08 Å². The Balaban J connectivity index is 2.92. The normalized spacial score (nSPS) is 3.75. The van der Waals surface area contributed by atoms with Crippen molar-refractivity contribution in [3.8, 4) is 12.3 Å². The van der Waals surface area contributed by atoms with Crippen LogP contribution < -0.4 is 0 Å². The lowest BCUT2D eigenvalue weighted by Crippen LogP contribution is -1.24. The van der Waals surface area contributed by atoms with Crippen LogP contribution in [0.2, 0.25) is 0 Å². The van der Waals surface area contributed by atoms with E-state index in [0.29, 0.717) is 0 Å². The molecular formula is C4H3-. The summed E-state index contributed by atoms with van der Waals surface area (Å²) in [6.07, 6.45) is 5.75. The summed E-state index contributed by atoms with van der Waals surface area (Å²) in [4.78, 5) is 0. The van der Waals surface area contributed by atoms with Crippen molar-refractivity contribution in [3.05, 3.63) is 12.7 Å². The molecular weight excluding hydrogens is 48.0 g/mol. The summed E-state index contributed by atoms with van der Waals surface area (Å²) in [5.41, 5.74) is 0. The van der Waals surface area contributed by atoms with Gasteiger partial charge in [0.15, 0.2) is 0 Å². The number of allylic oxidation sites excluding steroid dienone is 1. The summed E-state index contributed by atoms with van der Waals surface area (Å²) in [6.45, 7) is 4.67. The summed E-state index contributed by atoms with van der Waals surface area (Å²) >= 11 is 0. The Bertz CT molecular complexity index is 45.5. The topological polar surface area (TPSA) is 0 Å². The van der Waals surface area contributed by atoms with E-state index in [1.165, 1.54) is 0 Å². The van der Waals surface area contributed by atoms with E-state index >= 15 is 0 Å². The lowest BCUT2D eigenvalue weighted by Gasteiger charge is -1.58. The van der Waals surface area contributed by atoms with Gasteiger partial charge in [0.05, 0.1) is 0 Å². The molecule has 0 amide bonds. The molecule has 0 heterocycles.